The first kappa shape index (κ1) is 18.6. The molecule has 3 aromatic rings. The van der Waals surface area contributed by atoms with Crippen molar-refractivity contribution < 1.29 is 18.4 Å². The molecule has 6 nitrogen and oxygen atoms in total. The van der Waals surface area contributed by atoms with E-state index in [-0.39, 0.29) is 18.6 Å². The van der Waals surface area contributed by atoms with E-state index in [0.717, 1.165) is 35.3 Å². The molecular weight excluding hydrogens is 356 g/mol. The highest BCUT2D eigenvalue weighted by atomic mass is 16.5. The number of benzene rings is 1. The molecule has 6 heteroatoms. The van der Waals surface area contributed by atoms with E-state index < -0.39 is 0 Å². The zero-order chi connectivity index (χ0) is 19.5. The normalized spacial score (nSPS) is 14.8. The van der Waals surface area contributed by atoms with Crippen molar-refractivity contribution in [3.8, 4) is 5.75 Å². The van der Waals surface area contributed by atoms with Gasteiger partial charge in [0.2, 0.25) is 0 Å². The molecule has 0 saturated heterocycles. The summed E-state index contributed by atoms with van der Waals surface area (Å²) in [4.78, 5) is 14.3. The van der Waals surface area contributed by atoms with E-state index in [2.05, 4.69) is 5.32 Å². The van der Waals surface area contributed by atoms with Crippen LogP contribution in [0.2, 0.25) is 0 Å². The Hall–Kier alpha value is -2.73. The fourth-order valence-electron chi connectivity index (χ4n) is 3.76. The number of carbonyl (C=O) groups excluding carboxylic acids is 1. The molecular formula is C22H26N2O4. The average molecular weight is 382 g/mol. The molecule has 4 rings (SSSR count). The number of hydrogen-bond donors (Lipinski definition) is 1. The number of amides is 1. The van der Waals surface area contributed by atoms with Crippen molar-refractivity contribution in [2.75, 3.05) is 27.2 Å². The van der Waals surface area contributed by atoms with Crippen LogP contribution in [0.15, 0.2) is 45.4 Å². The molecule has 0 spiro atoms. The highest BCUT2D eigenvalue weighted by Gasteiger charge is 2.19. The summed E-state index contributed by atoms with van der Waals surface area (Å²) >= 11 is 0. The van der Waals surface area contributed by atoms with Crippen LogP contribution < -0.4 is 10.1 Å². The van der Waals surface area contributed by atoms with Gasteiger partial charge in [0.05, 0.1) is 12.3 Å². The Morgan fingerprint density at radius 2 is 2.11 bits per heavy atom. The zero-order valence-electron chi connectivity index (χ0n) is 16.4. The van der Waals surface area contributed by atoms with E-state index in [1.165, 1.54) is 18.4 Å². The quantitative estimate of drug-likeness (QED) is 0.675. The summed E-state index contributed by atoms with van der Waals surface area (Å²) in [7, 11) is 3.91. The van der Waals surface area contributed by atoms with Crippen LogP contribution in [0.25, 0.3) is 11.0 Å². The number of nitrogens with zero attached hydrogens (tertiary/aromatic N) is 1. The molecule has 0 bridgehead atoms. The van der Waals surface area contributed by atoms with Gasteiger partial charge in [-0.15, -0.1) is 0 Å². The molecule has 148 valence electrons. The Morgan fingerprint density at radius 1 is 1.25 bits per heavy atom. The Kier molecular flexibility index (Phi) is 5.39. The second-order valence-corrected chi connectivity index (χ2v) is 7.46. The van der Waals surface area contributed by atoms with Crippen LogP contribution in [0.5, 0.6) is 5.75 Å². The standard InChI is InChI=1S/C22H26N2O4/c1-24(2)18(21-8-5-11-26-21)13-23-22(25)14-27-15-9-10-20-17(12-15)16-6-3-4-7-19(16)28-20/h5,8-12,18H,3-4,6-7,13-14H2,1-2H3,(H,23,25)/t18-/m0/s1. The molecule has 1 aliphatic carbocycles. The number of likely N-dealkylation sites (N-methyl/N-ethyl adjacent to an activating group) is 1. The summed E-state index contributed by atoms with van der Waals surface area (Å²) in [5.41, 5.74) is 2.19. The Balaban J connectivity index is 1.35. The van der Waals surface area contributed by atoms with Gasteiger partial charge in [-0.05, 0) is 63.7 Å². The molecule has 0 aliphatic heterocycles. The molecule has 0 radical (unpaired) electrons. The topological polar surface area (TPSA) is 67.9 Å². The van der Waals surface area contributed by atoms with Crippen molar-refractivity contribution in [2.45, 2.75) is 31.7 Å². The smallest absolute Gasteiger partial charge is 0.258 e. The third kappa shape index (κ3) is 3.92. The van der Waals surface area contributed by atoms with Gasteiger partial charge in [-0.25, -0.2) is 0 Å². The van der Waals surface area contributed by atoms with Gasteiger partial charge in [0, 0.05) is 23.9 Å². The summed E-state index contributed by atoms with van der Waals surface area (Å²) < 4.78 is 17.1. The second-order valence-electron chi connectivity index (χ2n) is 7.46. The first-order chi connectivity index (χ1) is 13.6. The number of fused-ring (bicyclic) bond motifs is 3. The number of hydrogen-bond acceptors (Lipinski definition) is 5. The van der Waals surface area contributed by atoms with Crippen molar-refractivity contribution in [1.82, 2.24) is 10.2 Å². The van der Waals surface area contributed by atoms with Crippen molar-refractivity contribution >= 4 is 16.9 Å². The van der Waals surface area contributed by atoms with Crippen molar-refractivity contribution in [3.05, 3.63) is 53.7 Å². The molecule has 0 unspecified atom stereocenters. The SMILES string of the molecule is CN(C)[C@@H](CNC(=O)COc1ccc2oc3c(c2c1)CCCC3)c1ccco1. The van der Waals surface area contributed by atoms with Gasteiger partial charge in [0.1, 0.15) is 22.9 Å². The highest BCUT2D eigenvalue weighted by Crippen LogP contribution is 2.33. The molecule has 2 heterocycles. The van der Waals surface area contributed by atoms with Gasteiger partial charge >= 0.3 is 0 Å². The van der Waals surface area contributed by atoms with Gasteiger partial charge in [0.25, 0.3) is 5.91 Å². The lowest BCUT2D eigenvalue weighted by Crippen LogP contribution is -2.36. The van der Waals surface area contributed by atoms with E-state index in [9.17, 15) is 4.79 Å². The monoisotopic (exact) mass is 382 g/mol. The summed E-state index contributed by atoms with van der Waals surface area (Å²) in [6.45, 7) is 0.431. The molecule has 1 N–H and O–H groups in total. The zero-order valence-corrected chi connectivity index (χ0v) is 16.4. The summed E-state index contributed by atoms with van der Waals surface area (Å²) in [5, 5.41) is 4.03. The maximum atomic E-state index is 12.3. The number of carbonyl (C=O) groups is 1. The molecule has 1 aliphatic rings. The fraction of sp³-hybridized carbons (Fsp3) is 0.409. The molecule has 2 aromatic heterocycles. The number of nitrogens with one attached hydrogen (secondary N) is 1. The molecule has 0 fully saturated rings. The van der Waals surface area contributed by atoms with E-state index in [1.807, 2.05) is 49.3 Å². The summed E-state index contributed by atoms with van der Waals surface area (Å²) in [5.74, 6) is 2.45. The third-order valence-electron chi connectivity index (χ3n) is 5.28. The number of rotatable bonds is 7. The van der Waals surface area contributed by atoms with Crippen molar-refractivity contribution in [1.29, 1.82) is 0 Å². The summed E-state index contributed by atoms with van der Waals surface area (Å²) in [6, 6.07) is 9.51. The average Bonchev–Trinajstić information content (AvgIpc) is 3.34. The third-order valence-corrected chi connectivity index (χ3v) is 5.28. The molecule has 1 atom stereocenters. The van der Waals surface area contributed by atoms with E-state index in [1.54, 1.807) is 6.26 Å². The second kappa shape index (κ2) is 8.10. The van der Waals surface area contributed by atoms with Crippen molar-refractivity contribution in [3.63, 3.8) is 0 Å². The van der Waals surface area contributed by atoms with Crippen LogP contribution in [0.3, 0.4) is 0 Å². The molecule has 28 heavy (non-hydrogen) atoms. The Bertz CT molecular complexity index is 943. The lowest BCUT2D eigenvalue weighted by atomic mass is 9.96. The van der Waals surface area contributed by atoms with E-state index in [4.69, 9.17) is 13.6 Å². The predicted molar refractivity (Wildman–Crippen MR) is 106 cm³/mol. The van der Waals surface area contributed by atoms with Gasteiger partial charge < -0.3 is 18.9 Å². The highest BCUT2D eigenvalue weighted by molar-refractivity contribution is 5.84. The summed E-state index contributed by atoms with van der Waals surface area (Å²) in [6.07, 6.45) is 6.07. The molecule has 1 amide bonds. The van der Waals surface area contributed by atoms with Crippen LogP contribution >= 0.6 is 0 Å². The van der Waals surface area contributed by atoms with Gasteiger partial charge in [0.15, 0.2) is 6.61 Å². The maximum absolute atomic E-state index is 12.3. The van der Waals surface area contributed by atoms with Gasteiger partial charge in [-0.3, -0.25) is 9.69 Å². The van der Waals surface area contributed by atoms with Crippen LogP contribution in [-0.2, 0) is 17.6 Å². The van der Waals surface area contributed by atoms with Crippen LogP contribution in [0.4, 0.5) is 0 Å². The maximum Gasteiger partial charge on any atom is 0.258 e. The van der Waals surface area contributed by atoms with Crippen molar-refractivity contribution in [2.24, 2.45) is 0 Å². The van der Waals surface area contributed by atoms with Gasteiger partial charge in [-0.1, -0.05) is 0 Å². The Morgan fingerprint density at radius 3 is 2.89 bits per heavy atom. The van der Waals surface area contributed by atoms with Crippen LogP contribution in [0, 0.1) is 0 Å². The Labute approximate surface area is 164 Å². The number of furan rings is 2. The minimum atomic E-state index is -0.160. The minimum absolute atomic E-state index is 0.0206. The number of ether oxygens (including phenoxy) is 1. The largest absolute Gasteiger partial charge is 0.484 e. The van der Waals surface area contributed by atoms with Gasteiger partial charge in [-0.2, -0.15) is 0 Å². The first-order valence-corrected chi connectivity index (χ1v) is 9.75. The number of aryl methyl sites for hydroxylation is 2. The first-order valence-electron chi connectivity index (χ1n) is 9.75. The van der Waals surface area contributed by atoms with E-state index in [0.29, 0.717) is 12.3 Å². The molecule has 0 saturated carbocycles. The lowest BCUT2D eigenvalue weighted by Gasteiger charge is -2.22. The molecule has 1 aromatic carbocycles. The fourth-order valence-corrected chi connectivity index (χ4v) is 3.76. The predicted octanol–water partition coefficient (Wildman–Crippen LogP) is 3.70. The van der Waals surface area contributed by atoms with E-state index >= 15 is 0 Å². The minimum Gasteiger partial charge on any atom is -0.484 e. The van der Waals surface area contributed by atoms with Crippen LogP contribution in [0.1, 0.15) is 36.0 Å². The van der Waals surface area contributed by atoms with Crippen LogP contribution in [-0.4, -0.2) is 38.1 Å². The lowest BCUT2D eigenvalue weighted by molar-refractivity contribution is -0.123.